The Balaban J connectivity index is 1.29. The Labute approximate surface area is 201 Å². The number of anilines is 2. The van der Waals surface area contributed by atoms with E-state index in [1.54, 1.807) is 17.0 Å². The van der Waals surface area contributed by atoms with Gasteiger partial charge in [-0.1, -0.05) is 12.1 Å². The van der Waals surface area contributed by atoms with E-state index in [-0.39, 0.29) is 16.6 Å². The Morgan fingerprint density at radius 2 is 1.47 bits per heavy atom. The molecule has 34 heavy (non-hydrogen) atoms. The van der Waals surface area contributed by atoms with Crippen LogP contribution in [0.25, 0.3) is 0 Å². The number of hydrogen-bond acceptors (Lipinski definition) is 4. The third-order valence-electron chi connectivity index (χ3n) is 5.49. The minimum Gasteiger partial charge on any atom is -0.368 e. The van der Waals surface area contributed by atoms with Crippen molar-refractivity contribution in [3.63, 3.8) is 0 Å². The van der Waals surface area contributed by atoms with Crippen molar-refractivity contribution in [3.05, 3.63) is 95.6 Å². The second kappa shape index (κ2) is 10.4. The summed E-state index contributed by atoms with van der Waals surface area (Å²) < 4.78 is 26.9. The van der Waals surface area contributed by atoms with E-state index in [1.807, 2.05) is 24.3 Å². The van der Waals surface area contributed by atoms with Crippen LogP contribution in [0.3, 0.4) is 0 Å². The maximum Gasteiger partial charge on any atom is 0.257 e. The number of amides is 2. The normalized spacial score (nSPS) is 13.4. The van der Waals surface area contributed by atoms with E-state index in [9.17, 15) is 18.4 Å². The van der Waals surface area contributed by atoms with Crippen LogP contribution in [0.4, 0.5) is 20.2 Å². The molecule has 1 heterocycles. The highest BCUT2D eigenvalue weighted by Crippen LogP contribution is 2.21. The summed E-state index contributed by atoms with van der Waals surface area (Å²) in [6.45, 7) is 2.23. The first-order chi connectivity index (χ1) is 16.4. The third kappa shape index (κ3) is 5.55. The number of benzene rings is 3. The summed E-state index contributed by atoms with van der Waals surface area (Å²) in [5, 5.41) is 5.63. The molecule has 174 valence electrons. The van der Waals surface area contributed by atoms with Gasteiger partial charge in [-0.15, -0.1) is 0 Å². The molecule has 0 aromatic heterocycles. The molecular weight excluding hydrogens is 458 g/mol. The molecule has 9 heteroatoms. The molecule has 0 spiro atoms. The van der Waals surface area contributed by atoms with Crippen LogP contribution in [0.15, 0.2) is 72.8 Å². The zero-order chi connectivity index (χ0) is 24.1. The fraction of sp³-hybridized carbons (Fsp3) is 0.160. The maximum atomic E-state index is 13.9. The lowest BCUT2D eigenvalue weighted by Crippen LogP contribution is -2.49. The van der Waals surface area contributed by atoms with Gasteiger partial charge in [0.25, 0.3) is 11.8 Å². The summed E-state index contributed by atoms with van der Waals surface area (Å²) in [6.07, 6.45) is 0. The molecule has 3 aromatic rings. The number of thiocarbonyl (C=S) groups is 1. The molecule has 6 nitrogen and oxygen atoms in total. The van der Waals surface area contributed by atoms with Crippen LogP contribution in [-0.2, 0) is 0 Å². The zero-order valence-electron chi connectivity index (χ0n) is 18.1. The molecule has 0 saturated carbocycles. The fourth-order valence-corrected chi connectivity index (χ4v) is 3.88. The minimum atomic E-state index is -0.509. The van der Waals surface area contributed by atoms with Gasteiger partial charge in [0.1, 0.15) is 11.6 Å². The number of piperazine rings is 1. The van der Waals surface area contributed by atoms with Gasteiger partial charge in [0.2, 0.25) is 0 Å². The molecule has 4 rings (SSSR count). The molecular formula is C25H22F2N4O2S. The molecule has 0 bridgehead atoms. The second-order valence-electron chi connectivity index (χ2n) is 7.72. The van der Waals surface area contributed by atoms with Crippen LogP contribution >= 0.6 is 12.2 Å². The van der Waals surface area contributed by atoms with Crippen molar-refractivity contribution >= 4 is 40.5 Å². The number of nitrogens with zero attached hydrogens (tertiary/aromatic N) is 2. The van der Waals surface area contributed by atoms with Gasteiger partial charge < -0.3 is 15.1 Å². The van der Waals surface area contributed by atoms with Crippen molar-refractivity contribution in [3.8, 4) is 0 Å². The van der Waals surface area contributed by atoms with Gasteiger partial charge in [-0.05, 0) is 72.9 Å². The van der Waals surface area contributed by atoms with Gasteiger partial charge in [-0.2, -0.15) is 0 Å². The number of nitrogens with one attached hydrogen (secondary N) is 2. The summed E-state index contributed by atoms with van der Waals surface area (Å²) in [6, 6.07) is 18.7. The summed E-state index contributed by atoms with van der Waals surface area (Å²) in [4.78, 5) is 28.6. The Bertz CT molecular complexity index is 1190. The highest BCUT2D eigenvalue weighted by molar-refractivity contribution is 7.80. The second-order valence-corrected chi connectivity index (χ2v) is 8.13. The third-order valence-corrected chi connectivity index (χ3v) is 5.70. The molecule has 0 atom stereocenters. The predicted octanol–water partition coefficient (Wildman–Crippen LogP) is 4.05. The van der Waals surface area contributed by atoms with E-state index in [0.717, 1.165) is 5.69 Å². The van der Waals surface area contributed by atoms with Crippen LogP contribution in [-0.4, -0.2) is 48.0 Å². The highest BCUT2D eigenvalue weighted by Gasteiger charge is 2.24. The lowest BCUT2D eigenvalue weighted by Gasteiger charge is -2.36. The van der Waals surface area contributed by atoms with E-state index in [2.05, 4.69) is 15.5 Å². The first-order valence-electron chi connectivity index (χ1n) is 10.7. The van der Waals surface area contributed by atoms with Crippen LogP contribution in [0.5, 0.6) is 0 Å². The van der Waals surface area contributed by atoms with Crippen molar-refractivity contribution in [2.24, 2.45) is 0 Å². The summed E-state index contributed by atoms with van der Waals surface area (Å²) in [5.74, 6) is -1.66. The molecule has 1 aliphatic rings. The molecule has 0 aliphatic carbocycles. The fourth-order valence-electron chi connectivity index (χ4n) is 3.67. The SMILES string of the molecule is O=C(NC(=S)Nc1ccc(N2CCN(C(=O)c3ccccc3F)CC2)cc1)c1ccc(F)cc1. The quantitative estimate of drug-likeness (QED) is 0.552. The molecule has 1 aliphatic heterocycles. The van der Waals surface area contributed by atoms with E-state index >= 15 is 0 Å². The first kappa shape index (κ1) is 23.3. The summed E-state index contributed by atoms with van der Waals surface area (Å²) in [5.41, 5.74) is 2.06. The molecule has 2 amide bonds. The lowest BCUT2D eigenvalue weighted by atomic mass is 10.1. The van der Waals surface area contributed by atoms with Gasteiger partial charge in [-0.25, -0.2) is 8.78 Å². The van der Waals surface area contributed by atoms with E-state index in [1.165, 1.54) is 36.4 Å². The Morgan fingerprint density at radius 1 is 0.824 bits per heavy atom. The minimum absolute atomic E-state index is 0.0915. The average molecular weight is 481 g/mol. The molecule has 0 radical (unpaired) electrons. The summed E-state index contributed by atoms with van der Waals surface area (Å²) in [7, 11) is 0. The van der Waals surface area contributed by atoms with Gasteiger partial charge in [-0.3, -0.25) is 14.9 Å². The number of rotatable bonds is 4. The van der Waals surface area contributed by atoms with Crippen molar-refractivity contribution < 1.29 is 18.4 Å². The highest BCUT2D eigenvalue weighted by atomic mass is 32.1. The standard InChI is InChI=1S/C25H22F2N4O2S/c26-18-7-5-17(6-8-18)23(32)29-25(34)28-19-9-11-20(12-10-19)30-13-15-31(16-14-30)24(33)21-3-1-2-4-22(21)27/h1-12H,13-16H2,(H2,28,29,32,34). The monoisotopic (exact) mass is 480 g/mol. The maximum absolute atomic E-state index is 13.9. The van der Waals surface area contributed by atoms with Crippen molar-refractivity contribution in [1.29, 1.82) is 0 Å². The molecule has 2 N–H and O–H groups in total. The largest absolute Gasteiger partial charge is 0.368 e. The van der Waals surface area contributed by atoms with Crippen LogP contribution < -0.4 is 15.5 Å². The van der Waals surface area contributed by atoms with Crippen molar-refractivity contribution in [1.82, 2.24) is 10.2 Å². The van der Waals surface area contributed by atoms with Gasteiger partial charge in [0.05, 0.1) is 5.56 Å². The van der Waals surface area contributed by atoms with Gasteiger partial charge in [0.15, 0.2) is 5.11 Å². The number of carbonyl (C=O) groups is 2. The van der Waals surface area contributed by atoms with Crippen molar-refractivity contribution in [2.45, 2.75) is 0 Å². The van der Waals surface area contributed by atoms with Crippen LogP contribution in [0.2, 0.25) is 0 Å². The zero-order valence-corrected chi connectivity index (χ0v) is 18.9. The first-order valence-corrected chi connectivity index (χ1v) is 11.1. The Morgan fingerprint density at radius 3 is 2.12 bits per heavy atom. The number of hydrogen-bond donors (Lipinski definition) is 2. The van der Waals surface area contributed by atoms with E-state index in [0.29, 0.717) is 37.4 Å². The number of carbonyl (C=O) groups excluding carboxylic acids is 2. The molecule has 3 aromatic carbocycles. The Kier molecular flexibility index (Phi) is 7.12. The lowest BCUT2D eigenvalue weighted by molar-refractivity contribution is 0.0742. The van der Waals surface area contributed by atoms with Crippen LogP contribution in [0.1, 0.15) is 20.7 Å². The number of halogens is 2. The average Bonchev–Trinajstić information content (AvgIpc) is 2.85. The van der Waals surface area contributed by atoms with Crippen molar-refractivity contribution in [2.75, 3.05) is 36.4 Å². The van der Waals surface area contributed by atoms with Gasteiger partial charge >= 0.3 is 0 Å². The predicted molar refractivity (Wildman–Crippen MR) is 131 cm³/mol. The van der Waals surface area contributed by atoms with E-state index in [4.69, 9.17) is 12.2 Å². The summed E-state index contributed by atoms with van der Waals surface area (Å²) >= 11 is 5.19. The molecule has 1 fully saturated rings. The smallest absolute Gasteiger partial charge is 0.257 e. The molecule has 1 saturated heterocycles. The van der Waals surface area contributed by atoms with E-state index < -0.39 is 17.5 Å². The van der Waals surface area contributed by atoms with Crippen LogP contribution in [0, 0.1) is 11.6 Å². The Hall–Kier alpha value is -3.85. The topological polar surface area (TPSA) is 64.7 Å². The molecule has 0 unspecified atom stereocenters. The van der Waals surface area contributed by atoms with Gasteiger partial charge in [0, 0.05) is 43.1 Å².